The molecule has 1 fully saturated rings. The van der Waals surface area contributed by atoms with Crippen LogP contribution in [0, 0.1) is 10.1 Å². The van der Waals surface area contributed by atoms with Crippen molar-refractivity contribution in [2.45, 2.75) is 0 Å². The summed E-state index contributed by atoms with van der Waals surface area (Å²) in [5, 5.41) is 11.2. The molecule has 2 rings (SSSR count). The fraction of sp³-hybridized carbons (Fsp3) is 0.400. The standard InChI is InChI=1S/C10H11ClN2O4S/c11-8-1-2-9(10(7-8)13(14)15)12-3-5-18(16,17)6-4-12/h1-2,7H,3-6H2. The van der Waals surface area contributed by atoms with Gasteiger partial charge in [0.2, 0.25) is 0 Å². The Morgan fingerprint density at radius 2 is 1.89 bits per heavy atom. The van der Waals surface area contributed by atoms with E-state index in [0.717, 1.165) is 0 Å². The lowest BCUT2D eigenvalue weighted by Gasteiger charge is -2.28. The molecule has 0 N–H and O–H groups in total. The van der Waals surface area contributed by atoms with E-state index >= 15 is 0 Å². The second-order valence-electron chi connectivity index (χ2n) is 4.03. The molecule has 18 heavy (non-hydrogen) atoms. The predicted octanol–water partition coefficient (Wildman–Crippen LogP) is 1.48. The quantitative estimate of drug-likeness (QED) is 0.609. The Kier molecular flexibility index (Phi) is 3.45. The van der Waals surface area contributed by atoms with E-state index in [2.05, 4.69) is 0 Å². The van der Waals surface area contributed by atoms with Gasteiger partial charge in [-0.3, -0.25) is 10.1 Å². The minimum Gasteiger partial charge on any atom is -0.364 e. The van der Waals surface area contributed by atoms with Gasteiger partial charge in [-0.1, -0.05) is 11.6 Å². The molecule has 1 aromatic carbocycles. The summed E-state index contributed by atoms with van der Waals surface area (Å²) in [7, 11) is -3.00. The van der Waals surface area contributed by atoms with Crippen molar-refractivity contribution in [1.82, 2.24) is 0 Å². The number of hydrogen-bond donors (Lipinski definition) is 0. The van der Waals surface area contributed by atoms with Crippen LogP contribution in [0.2, 0.25) is 5.02 Å². The number of nitrogens with zero attached hydrogens (tertiary/aromatic N) is 2. The zero-order valence-electron chi connectivity index (χ0n) is 9.37. The molecule has 1 aliphatic rings. The fourth-order valence-corrected chi connectivity index (χ4v) is 3.23. The molecule has 0 amide bonds. The van der Waals surface area contributed by atoms with Gasteiger partial charge in [0, 0.05) is 24.2 Å². The number of nitro groups is 1. The highest BCUT2D eigenvalue weighted by molar-refractivity contribution is 7.91. The molecule has 8 heteroatoms. The first-order chi connectivity index (χ1) is 8.39. The molecule has 1 aromatic rings. The van der Waals surface area contributed by atoms with Crippen LogP contribution in [0.25, 0.3) is 0 Å². The molecule has 1 heterocycles. The molecule has 0 spiro atoms. The molecule has 1 saturated heterocycles. The van der Waals surface area contributed by atoms with E-state index in [-0.39, 0.29) is 35.3 Å². The zero-order valence-corrected chi connectivity index (χ0v) is 10.9. The number of anilines is 1. The van der Waals surface area contributed by atoms with Crippen LogP contribution in [0.1, 0.15) is 0 Å². The van der Waals surface area contributed by atoms with Crippen LogP contribution < -0.4 is 4.90 Å². The average Bonchev–Trinajstić information content (AvgIpc) is 2.29. The summed E-state index contributed by atoms with van der Waals surface area (Å²) in [6, 6.07) is 4.39. The van der Waals surface area contributed by atoms with Crippen molar-refractivity contribution in [2.24, 2.45) is 0 Å². The minimum atomic E-state index is -3.00. The molecule has 1 aliphatic heterocycles. The van der Waals surface area contributed by atoms with E-state index < -0.39 is 14.8 Å². The van der Waals surface area contributed by atoms with Crippen LogP contribution in [0.15, 0.2) is 18.2 Å². The summed E-state index contributed by atoms with van der Waals surface area (Å²) in [6.07, 6.45) is 0. The van der Waals surface area contributed by atoms with Crippen molar-refractivity contribution in [3.63, 3.8) is 0 Å². The summed E-state index contributed by atoms with van der Waals surface area (Å²) < 4.78 is 22.6. The first kappa shape index (κ1) is 13.1. The Morgan fingerprint density at radius 1 is 1.28 bits per heavy atom. The third-order valence-electron chi connectivity index (χ3n) is 2.82. The SMILES string of the molecule is O=[N+]([O-])c1cc(Cl)ccc1N1CCS(=O)(=O)CC1. The van der Waals surface area contributed by atoms with Gasteiger partial charge >= 0.3 is 0 Å². The highest BCUT2D eigenvalue weighted by Crippen LogP contribution is 2.31. The van der Waals surface area contributed by atoms with E-state index in [9.17, 15) is 18.5 Å². The maximum absolute atomic E-state index is 11.3. The smallest absolute Gasteiger partial charge is 0.294 e. The van der Waals surface area contributed by atoms with Gasteiger partial charge in [0.15, 0.2) is 9.84 Å². The van der Waals surface area contributed by atoms with Crippen molar-refractivity contribution in [1.29, 1.82) is 0 Å². The Morgan fingerprint density at radius 3 is 2.44 bits per heavy atom. The van der Waals surface area contributed by atoms with Gasteiger partial charge in [-0.25, -0.2) is 8.42 Å². The molecule has 6 nitrogen and oxygen atoms in total. The van der Waals surface area contributed by atoms with Crippen molar-refractivity contribution in [2.75, 3.05) is 29.5 Å². The second kappa shape index (κ2) is 4.74. The lowest BCUT2D eigenvalue weighted by Crippen LogP contribution is -2.40. The van der Waals surface area contributed by atoms with E-state index in [1.807, 2.05) is 0 Å². The van der Waals surface area contributed by atoms with Gasteiger partial charge in [0.1, 0.15) is 5.69 Å². The maximum Gasteiger partial charge on any atom is 0.294 e. The average molecular weight is 291 g/mol. The van der Waals surface area contributed by atoms with E-state index in [1.54, 1.807) is 17.0 Å². The van der Waals surface area contributed by atoms with Gasteiger partial charge in [0.05, 0.1) is 16.4 Å². The van der Waals surface area contributed by atoms with Crippen LogP contribution >= 0.6 is 11.6 Å². The monoisotopic (exact) mass is 290 g/mol. The van der Waals surface area contributed by atoms with Crippen LogP contribution in [0.5, 0.6) is 0 Å². The highest BCUT2D eigenvalue weighted by atomic mass is 35.5. The summed E-state index contributed by atoms with van der Waals surface area (Å²) in [5.41, 5.74) is 0.320. The predicted molar refractivity (Wildman–Crippen MR) is 69.0 cm³/mol. The number of benzene rings is 1. The molecule has 0 saturated carbocycles. The molecule has 0 aliphatic carbocycles. The van der Waals surface area contributed by atoms with Crippen LogP contribution in [0.4, 0.5) is 11.4 Å². The third kappa shape index (κ3) is 2.73. The Labute approximate surface area is 109 Å². The number of halogens is 1. The van der Waals surface area contributed by atoms with E-state index in [1.165, 1.54) is 6.07 Å². The minimum absolute atomic E-state index is 0.0206. The molecule has 0 unspecified atom stereocenters. The normalized spacial score (nSPS) is 18.6. The van der Waals surface area contributed by atoms with Gasteiger partial charge < -0.3 is 4.90 Å². The lowest BCUT2D eigenvalue weighted by molar-refractivity contribution is -0.384. The van der Waals surface area contributed by atoms with Gasteiger partial charge in [-0.2, -0.15) is 0 Å². The van der Waals surface area contributed by atoms with Crippen molar-refractivity contribution >= 4 is 32.8 Å². The summed E-state index contributed by atoms with van der Waals surface area (Å²) >= 11 is 5.73. The first-order valence-corrected chi connectivity index (χ1v) is 7.48. The zero-order chi connectivity index (χ0) is 13.3. The lowest BCUT2D eigenvalue weighted by atomic mass is 10.2. The maximum atomic E-state index is 11.3. The molecular formula is C10H11ClN2O4S. The summed E-state index contributed by atoms with van der Waals surface area (Å²) in [6.45, 7) is 0.537. The molecular weight excluding hydrogens is 280 g/mol. The summed E-state index contributed by atoms with van der Waals surface area (Å²) in [5.74, 6) is 0.0412. The van der Waals surface area contributed by atoms with Crippen LogP contribution in [-0.4, -0.2) is 37.9 Å². The number of sulfone groups is 1. The van der Waals surface area contributed by atoms with E-state index in [0.29, 0.717) is 5.69 Å². The van der Waals surface area contributed by atoms with E-state index in [4.69, 9.17) is 11.6 Å². The number of nitro benzene ring substituents is 1. The van der Waals surface area contributed by atoms with Gasteiger partial charge in [0.25, 0.3) is 5.69 Å². The van der Waals surface area contributed by atoms with Crippen molar-refractivity contribution in [3.05, 3.63) is 33.3 Å². The second-order valence-corrected chi connectivity index (χ2v) is 6.77. The Hall–Kier alpha value is -1.34. The number of hydrogen-bond acceptors (Lipinski definition) is 5. The first-order valence-electron chi connectivity index (χ1n) is 5.28. The topological polar surface area (TPSA) is 80.5 Å². The van der Waals surface area contributed by atoms with Crippen molar-refractivity contribution in [3.8, 4) is 0 Å². The molecule has 0 radical (unpaired) electrons. The molecule has 0 aromatic heterocycles. The highest BCUT2D eigenvalue weighted by Gasteiger charge is 2.26. The third-order valence-corrected chi connectivity index (χ3v) is 4.66. The molecule has 98 valence electrons. The van der Waals surface area contributed by atoms with Crippen LogP contribution in [-0.2, 0) is 9.84 Å². The van der Waals surface area contributed by atoms with Crippen LogP contribution in [0.3, 0.4) is 0 Å². The molecule has 0 bridgehead atoms. The summed E-state index contributed by atoms with van der Waals surface area (Å²) in [4.78, 5) is 12.1. The van der Waals surface area contributed by atoms with Gasteiger partial charge in [-0.05, 0) is 12.1 Å². The number of rotatable bonds is 2. The van der Waals surface area contributed by atoms with Crippen molar-refractivity contribution < 1.29 is 13.3 Å². The Balaban J connectivity index is 2.32. The van der Waals surface area contributed by atoms with Gasteiger partial charge in [-0.15, -0.1) is 0 Å². The molecule has 0 atom stereocenters. The Bertz CT molecular complexity index is 574. The largest absolute Gasteiger partial charge is 0.364 e. The fourth-order valence-electron chi connectivity index (χ4n) is 1.86.